The SMILES string of the molecule is CC(c1cc(=O)c(OCC2CCN(S(C)(=O)=O)CC2)co1)N1Cc2ccc(C(N)=NO)cc2C1. The first-order valence-corrected chi connectivity index (χ1v) is 13.0. The molecule has 0 amide bonds. The number of fused-ring (bicyclic) bond motifs is 1. The van der Waals surface area contributed by atoms with E-state index in [0.717, 1.165) is 11.1 Å². The largest absolute Gasteiger partial charge is 0.486 e. The Morgan fingerprint density at radius 1 is 1.26 bits per heavy atom. The number of rotatable bonds is 7. The Balaban J connectivity index is 1.35. The molecule has 3 heterocycles. The van der Waals surface area contributed by atoms with E-state index in [4.69, 9.17) is 20.1 Å². The van der Waals surface area contributed by atoms with E-state index in [1.54, 1.807) is 0 Å². The molecule has 2 aromatic rings. The minimum atomic E-state index is -3.17. The summed E-state index contributed by atoms with van der Waals surface area (Å²) in [5.74, 6) is 0.962. The minimum Gasteiger partial charge on any atom is -0.486 e. The second-order valence-corrected chi connectivity index (χ2v) is 11.0. The molecule has 0 saturated carbocycles. The van der Waals surface area contributed by atoms with E-state index in [0.29, 0.717) is 57.0 Å². The molecule has 184 valence electrons. The van der Waals surface area contributed by atoms with Gasteiger partial charge in [-0.2, -0.15) is 0 Å². The van der Waals surface area contributed by atoms with Crippen LogP contribution >= 0.6 is 0 Å². The van der Waals surface area contributed by atoms with Gasteiger partial charge in [-0.05, 0) is 42.9 Å². The molecule has 1 atom stereocenters. The van der Waals surface area contributed by atoms with Crippen LogP contribution < -0.4 is 15.9 Å². The van der Waals surface area contributed by atoms with E-state index in [9.17, 15) is 13.2 Å². The lowest BCUT2D eigenvalue weighted by atomic mass is 9.99. The highest BCUT2D eigenvalue weighted by molar-refractivity contribution is 7.88. The number of nitrogens with two attached hydrogens (primary N) is 1. The molecule has 1 aromatic heterocycles. The molecule has 4 rings (SSSR count). The zero-order valence-corrected chi connectivity index (χ0v) is 20.1. The number of hydrogen-bond donors (Lipinski definition) is 2. The van der Waals surface area contributed by atoms with Crippen molar-refractivity contribution in [1.29, 1.82) is 0 Å². The molecule has 11 heteroatoms. The topological polar surface area (TPSA) is 139 Å². The molecule has 10 nitrogen and oxygen atoms in total. The fourth-order valence-electron chi connectivity index (χ4n) is 4.45. The van der Waals surface area contributed by atoms with Crippen molar-refractivity contribution in [2.75, 3.05) is 26.0 Å². The van der Waals surface area contributed by atoms with Crippen LogP contribution in [0.2, 0.25) is 0 Å². The van der Waals surface area contributed by atoms with E-state index >= 15 is 0 Å². The lowest BCUT2D eigenvalue weighted by molar-refractivity contribution is 0.173. The van der Waals surface area contributed by atoms with Gasteiger partial charge in [0.1, 0.15) is 12.0 Å². The Hall–Kier alpha value is -2.89. The van der Waals surface area contributed by atoms with Crippen molar-refractivity contribution in [2.24, 2.45) is 16.8 Å². The highest BCUT2D eigenvalue weighted by Gasteiger charge is 2.28. The summed E-state index contributed by atoms with van der Waals surface area (Å²) in [6, 6.07) is 7.02. The maximum absolute atomic E-state index is 12.6. The third kappa shape index (κ3) is 5.26. The van der Waals surface area contributed by atoms with Crippen molar-refractivity contribution in [3.8, 4) is 5.75 Å². The van der Waals surface area contributed by atoms with Gasteiger partial charge in [0.25, 0.3) is 0 Å². The minimum absolute atomic E-state index is 0.0665. The first-order chi connectivity index (χ1) is 16.2. The Kier molecular flexibility index (Phi) is 6.96. The predicted octanol–water partition coefficient (Wildman–Crippen LogP) is 1.86. The van der Waals surface area contributed by atoms with Crippen LogP contribution in [0.1, 0.15) is 48.3 Å². The average Bonchev–Trinajstić information content (AvgIpc) is 3.25. The molecule has 34 heavy (non-hydrogen) atoms. The zero-order chi connectivity index (χ0) is 24.5. The molecule has 0 spiro atoms. The number of oxime groups is 1. The third-order valence-corrected chi connectivity index (χ3v) is 7.95. The van der Waals surface area contributed by atoms with Crippen LogP contribution in [-0.2, 0) is 23.1 Å². The van der Waals surface area contributed by atoms with Gasteiger partial charge in [-0.15, -0.1) is 0 Å². The van der Waals surface area contributed by atoms with E-state index in [1.165, 1.54) is 22.9 Å². The summed E-state index contributed by atoms with van der Waals surface area (Å²) in [5.41, 5.74) is 8.34. The first kappa shape index (κ1) is 24.2. The summed E-state index contributed by atoms with van der Waals surface area (Å²) >= 11 is 0. The zero-order valence-electron chi connectivity index (χ0n) is 19.3. The summed E-state index contributed by atoms with van der Waals surface area (Å²) in [6.07, 6.45) is 3.97. The molecule has 2 aliphatic heterocycles. The molecule has 1 fully saturated rings. The van der Waals surface area contributed by atoms with Gasteiger partial charge in [-0.25, -0.2) is 12.7 Å². The smallest absolute Gasteiger partial charge is 0.227 e. The first-order valence-electron chi connectivity index (χ1n) is 11.2. The number of amidine groups is 1. The molecule has 3 N–H and O–H groups in total. The van der Waals surface area contributed by atoms with E-state index in [-0.39, 0.29) is 29.0 Å². The van der Waals surface area contributed by atoms with Gasteiger partial charge in [-0.1, -0.05) is 17.3 Å². The monoisotopic (exact) mass is 490 g/mol. The van der Waals surface area contributed by atoms with Crippen molar-refractivity contribution >= 4 is 15.9 Å². The number of benzene rings is 1. The molecular formula is C23H30N4O6S. The lowest BCUT2D eigenvalue weighted by Crippen LogP contribution is -2.39. The molecule has 2 aliphatic rings. The Morgan fingerprint density at radius 3 is 2.62 bits per heavy atom. The highest BCUT2D eigenvalue weighted by Crippen LogP contribution is 2.31. The number of sulfonamides is 1. The van der Waals surface area contributed by atoms with Crippen LogP contribution in [0, 0.1) is 5.92 Å². The van der Waals surface area contributed by atoms with Crippen LogP contribution in [0.5, 0.6) is 5.75 Å². The van der Waals surface area contributed by atoms with Gasteiger partial charge in [0.2, 0.25) is 21.2 Å². The van der Waals surface area contributed by atoms with Crippen molar-refractivity contribution in [1.82, 2.24) is 9.21 Å². The van der Waals surface area contributed by atoms with Crippen LogP contribution in [0.4, 0.5) is 0 Å². The Bertz CT molecular complexity index is 1230. The van der Waals surface area contributed by atoms with E-state index in [1.807, 2.05) is 25.1 Å². The number of ether oxygens (including phenoxy) is 1. The van der Waals surface area contributed by atoms with Gasteiger partial charge >= 0.3 is 0 Å². The number of piperidine rings is 1. The van der Waals surface area contributed by atoms with Gasteiger partial charge in [0.05, 0.1) is 18.9 Å². The van der Waals surface area contributed by atoms with Crippen molar-refractivity contribution in [2.45, 2.75) is 38.9 Å². The average molecular weight is 491 g/mol. The molecule has 1 unspecified atom stereocenters. The van der Waals surface area contributed by atoms with Crippen LogP contribution in [0.15, 0.2) is 44.9 Å². The van der Waals surface area contributed by atoms with Gasteiger partial charge in [-0.3, -0.25) is 9.69 Å². The van der Waals surface area contributed by atoms with E-state index in [2.05, 4.69) is 10.1 Å². The quantitative estimate of drug-likeness (QED) is 0.260. The van der Waals surface area contributed by atoms with Crippen LogP contribution in [0.25, 0.3) is 0 Å². The summed E-state index contributed by atoms with van der Waals surface area (Å²) in [6.45, 7) is 4.61. The van der Waals surface area contributed by atoms with Gasteiger partial charge in [0.15, 0.2) is 5.84 Å². The molecule has 0 bridgehead atoms. The summed E-state index contributed by atoms with van der Waals surface area (Å²) in [5, 5.41) is 12.0. The van der Waals surface area contributed by atoms with Crippen LogP contribution in [0.3, 0.4) is 0 Å². The molecule has 1 aromatic carbocycles. The van der Waals surface area contributed by atoms with Crippen LogP contribution in [-0.4, -0.2) is 54.6 Å². The fourth-order valence-corrected chi connectivity index (χ4v) is 5.32. The summed E-state index contributed by atoms with van der Waals surface area (Å²) in [4.78, 5) is 14.8. The second-order valence-electron chi connectivity index (χ2n) is 8.98. The van der Waals surface area contributed by atoms with Gasteiger partial charge in [0, 0.05) is 37.8 Å². The molecule has 1 saturated heterocycles. The maximum atomic E-state index is 12.6. The lowest BCUT2D eigenvalue weighted by Gasteiger charge is -2.29. The summed E-state index contributed by atoms with van der Waals surface area (Å²) in [7, 11) is -3.17. The van der Waals surface area contributed by atoms with Gasteiger partial charge < -0.3 is 20.1 Å². The summed E-state index contributed by atoms with van der Waals surface area (Å²) < 4.78 is 36.2. The third-order valence-electron chi connectivity index (χ3n) is 6.65. The van der Waals surface area contributed by atoms with Crippen molar-refractivity contribution in [3.05, 3.63) is 63.2 Å². The highest BCUT2D eigenvalue weighted by atomic mass is 32.2. The standard InChI is InChI=1S/C23H30N4O6S/c1-15(26-11-18-4-3-17(23(24)25-29)9-19(18)12-26)21-10-20(28)22(14-33-21)32-13-16-5-7-27(8-6-16)34(2,30)31/h3-4,9-10,14-16,29H,5-8,11-13H2,1-2H3,(H2,24,25). The second kappa shape index (κ2) is 9.77. The molecule has 0 aliphatic carbocycles. The predicted molar refractivity (Wildman–Crippen MR) is 126 cm³/mol. The normalized spacial score (nSPS) is 19.2. The molecule has 0 radical (unpaired) electrons. The van der Waals surface area contributed by atoms with E-state index < -0.39 is 10.0 Å². The van der Waals surface area contributed by atoms with Crippen molar-refractivity contribution in [3.63, 3.8) is 0 Å². The Labute approximate surface area is 198 Å². The number of hydrogen-bond acceptors (Lipinski definition) is 8. The Morgan fingerprint density at radius 2 is 1.97 bits per heavy atom. The maximum Gasteiger partial charge on any atom is 0.227 e. The number of nitrogens with zero attached hydrogens (tertiary/aromatic N) is 3. The molecular weight excluding hydrogens is 460 g/mol. The van der Waals surface area contributed by atoms with Crippen molar-refractivity contribution < 1.29 is 22.8 Å². The fraction of sp³-hybridized carbons (Fsp3) is 0.478.